The summed E-state index contributed by atoms with van der Waals surface area (Å²) in [4.78, 5) is 27.3. The number of hydrogen-bond acceptors (Lipinski definition) is 3. The number of nitrogens with one attached hydrogen (secondary N) is 2. The molecule has 0 radical (unpaired) electrons. The zero-order chi connectivity index (χ0) is 21.7. The Hall–Kier alpha value is -3.02. The number of carbonyl (C=O) groups excluding carboxylic acids is 2. The van der Waals surface area contributed by atoms with Gasteiger partial charge in [-0.1, -0.05) is 53.5 Å². The summed E-state index contributed by atoms with van der Waals surface area (Å²) < 4.78 is 0. The smallest absolute Gasteiger partial charge is 0.255 e. The van der Waals surface area contributed by atoms with E-state index in [-0.39, 0.29) is 11.8 Å². The number of anilines is 2. The van der Waals surface area contributed by atoms with Crippen molar-refractivity contribution in [2.24, 2.45) is 0 Å². The normalized spacial score (nSPS) is 10.4. The summed E-state index contributed by atoms with van der Waals surface area (Å²) in [5.74, 6) is -0.600. The van der Waals surface area contributed by atoms with Crippen LogP contribution in [0.4, 0.5) is 11.4 Å². The van der Waals surface area contributed by atoms with Gasteiger partial charge in [-0.2, -0.15) is 0 Å². The molecule has 5 nitrogen and oxygen atoms in total. The molecule has 3 aromatic rings. The largest absolute Gasteiger partial charge is 0.377 e. The van der Waals surface area contributed by atoms with Crippen LogP contribution in [-0.2, 0) is 6.54 Å². The number of nitrogens with zero attached hydrogens (tertiary/aromatic N) is 1. The number of benzene rings is 3. The van der Waals surface area contributed by atoms with Gasteiger partial charge < -0.3 is 15.5 Å². The number of carbonyl (C=O) groups is 2. The van der Waals surface area contributed by atoms with Gasteiger partial charge in [0, 0.05) is 47.6 Å². The highest BCUT2D eigenvalue weighted by Crippen LogP contribution is 2.25. The lowest BCUT2D eigenvalue weighted by Crippen LogP contribution is -2.25. The highest BCUT2D eigenvalue weighted by atomic mass is 35.5. The Labute approximate surface area is 185 Å². The van der Waals surface area contributed by atoms with E-state index >= 15 is 0 Å². The van der Waals surface area contributed by atoms with Crippen LogP contribution in [0.5, 0.6) is 0 Å². The molecule has 3 rings (SSSR count). The Kier molecular flexibility index (Phi) is 6.98. The van der Waals surface area contributed by atoms with E-state index in [1.165, 1.54) is 12.1 Å². The third-order valence-electron chi connectivity index (χ3n) is 4.40. The molecule has 0 unspecified atom stereocenters. The van der Waals surface area contributed by atoms with Crippen LogP contribution in [0.25, 0.3) is 0 Å². The van der Waals surface area contributed by atoms with Crippen LogP contribution in [0, 0.1) is 0 Å². The van der Waals surface area contributed by atoms with Crippen molar-refractivity contribution in [3.8, 4) is 0 Å². The Bertz CT molecular complexity index is 1050. The van der Waals surface area contributed by atoms with Crippen LogP contribution in [0.1, 0.15) is 26.3 Å². The number of amides is 2. The van der Waals surface area contributed by atoms with Crippen molar-refractivity contribution >= 4 is 46.4 Å². The van der Waals surface area contributed by atoms with Gasteiger partial charge in [0.2, 0.25) is 0 Å². The monoisotopic (exact) mass is 441 g/mol. The van der Waals surface area contributed by atoms with Crippen LogP contribution in [0.2, 0.25) is 10.0 Å². The molecule has 0 saturated heterocycles. The minimum absolute atomic E-state index is 0.232. The fourth-order valence-electron chi connectivity index (χ4n) is 2.95. The predicted molar refractivity (Wildman–Crippen MR) is 123 cm³/mol. The standard InChI is InChI=1S/C23H21Cl2N3O2/c1-28(2)21-9-8-19(27-22(29)16-10-17(24)12-18(25)11-16)13-20(21)23(30)26-14-15-6-4-3-5-7-15/h3-13H,14H2,1-2H3,(H,26,30)(H,27,29). The van der Waals surface area contributed by atoms with E-state index in [2.05, 4.69) is 10.6 Å². The van der Waals surface area contributed by atoms with E-state index in [9.17, 15) is 9.59 Å². The van der Waals surface area contributed by atoms with Crippen LogP contribution in [0.3, 0.4) is 0 Å². The molecule has 0 saturated carbocycles. The van der Waals surface area contributed by atoms with E-state index in [1.54, 1.807) is 24.3 Å². The van der Waals surface area contributed by atoms with Crippen LogP contribution in [0.15, 0.2) is 66.7 Å². The first-order valence-electron chi connectivity index (χ1n) is 9.24. The zero-order valence-corrected chi connectivity index (χ0v) is 18.1. The maximum Gasteiger partial charge on any atom is 0.255 e. The highest BCUT2D eigenvalue weighted by Gasteiger charge is 2.16. The van der Waals surface area contributed by atoms with Crippen molar-refractivity contribution in [3.63, 3.8) is 0 Å². The lowest BCUT2D eigenvalue weighted by atomic mass is 10.1. The number of rotatable bonds is 6. The van der Waals surface area contributed by atoms with Gasteiger partial charge in [0.25, 0.3) is 11.8 Å². The quantitative estimate of drug-likeness (QED) is 0.549. The molecule has 0 spiro atoms. The minimum Gasteiger partial charge on any atom is -0.377 e. The van der Waals surface area contributed by atoms with Gasteiger partial charge >= 0.3 is 0 Å². The summed E-state index contributed by atoms with van der Waals surface area (Å²) in [6.07, 6.45) is 0. The highest BCUT2D eigenvalue weighted by molar-refractivity contribution is 6.35. The molecule has 0 fully saturated rings. The SMILES string of the molecule is CN(C)c1ccc(NC(=O)c2cc(Cl)cc(Cl)c2)cc1C(=O)NCc1ccccc1. The van der Waals surface area contributed by atoms with Crippen LogP contribution < -0.4 is 15.5 Å². The fraction of sp³-hybridized carbons (Fsp3) is 0.130. The van der Waals surface area contributed by atoms with Gasteiger partial charge in [-0.25, -0.2) is 0 Å². The molecule has 2 N–H and O–H groups in total. The van der Waals surface area contributed by atoms with Gasteiger partial charge in [-0.3, -0.25) is 9.59 Å². The van der Waals surface area contributed by atoms with Crippen molar-refractivity contribution in [1.82, 2.24) is 5.32 Å². The predicted octanol–water partition coefficient (Wildman–Crippen LogP) is 5.24. The van der Waals surface area contributed by atoms with Gasteiger partial charge in [0.1, 0.15) is 0 Å². The maximum absolute atomic E-state index is 12.9. The van der Waals surface area contributed by atoms with Crippen LogP contribution in [-0.4, -0.2) is 25.9 Å². The van der Waals surface area contributed by atoms with E-state index in [0.29, 0.717) is 33.4 Å². The second-order valence-corrected chi connectivity index (χ2v) is 7.78. The molecule has 0 aromatic heterocycles. The minimum atomic E-state index is -0.368. The summed E-state index contributed by atoms with van der Waals surface area (Å²) in [5, 5.41) is 6.46. The Morgan fingerprint density at radius 2 is 1.53 bits per heavy atom. The van der Waals surface area contributed by atoms with Crippen molar-refractivity contribution < 1.29 is 9.59 Å². The summed E-state index contributed by atoms with van der Waals surface area (Å²) >= 11 is 12.0. The first kappa shape index (κ1) is 21.7. The van der Waals surface area contributed by atoms with E-state index < -0.39 is 0 Å². The van der Waals surface area contributed by atoms with Crippen molar-refractivity contribution in [1.29, 1.82) is 0 Å². The van der Waals surface area contributed by atoms with Gasteiger partial charge in [-0.15, -0.1) is 0 Å². The summed E-state index contributed by atoms with van der Waals surface area (Å²) in [5.41, 5.74) is 3.02. The van der Waals surface area contributed by atoms with E-state index in [1.807, 2.05) is 49.3 Å². The van der Waals surface area contributed by atoms with Crippen molar-refractivity contribution in [2.75, 3.05) is 24.3 Å². The Morgan fingerprint density at radius 3 is 2.17 bits per heavy atom. The van der Waals surface area contributed by atoms with Gasteiger partial charge in [-0.05, 0) is 42.0 Å². The molecule has 2 amide bonds. The van der Waals surface area contributed by atoms with Gasteiger partial charge in [0.05, 0.1) is 5.56 Å². The average molecular weight is 442 g/mol. The molecule has 7 heteroatoms. The van der Waals surface area contributed by atoms with Crippen molar-refractivity contribution in [3.05, 3.63) is 93.5 Å². The van der Waals surface area contributed by atoms with Crippen LogP contribution >= 0.6 is 23.2 Å². The molecule has 154 valence electrons. The first-order chi connectivity index (χ1) is 14.3. The fourth-order valence-corrected chi connectivity index (χ4v) is 3.47. The third-order valence-corrected chi connectivity index (χ3v) is 4.84. The van der Waals surface area contributed by atoms with Gasteiger partial charge in [0.15, 0.2) is 0 Å². The first-order valence-corrected chi connectivity index (χ1v) is 10.00. The second-order valence-electron chi connectivity index (χ2n) is 6.91. The maximum atomic E-state index is 12.9. The summed E-state index contributed by atoms with van der Waals surface area (Å²) in [6.45, 7) is 0.407. The molecular formula is C23H21Cl2N3O2. The van der Waals surface area contributed by atoms with Crippen molar-refractivity contribution in [2.45, 2.75) is 6.54 Å². The molecule has 0 aliphatic carbocycles. The summed E-state index contributed by atoms with van der Waals surface area (Å²) in [6, 6.07) is 19.5. The third kappa shape index (κ3) is 5.53. The summed E-state index contributed by atoms with van der Waals surface area (Å²) in [7, 11) is 3.71. The molecular weight excluding hydrogens is 421 g/mol. The van der Waals surface area contributed by atoms with E-state index in [4.69, 9.17) is 23.2 Å². The molecule has 0 aliphatic heterocycles. The Balaban J connectivity index is 1.81. The zero-order valence-electron chi connectivity index (χ0n) is 16.6. The molecule has 0 aliphatic rings. The molecule has 3 aromatic carbocycles. The average Bonchev–Trinajstić information content (AvgIpc) is 2.71. The molecule has 0 bridgehead atoms. The lowest BCUT2D eigenvalue weighted by molar-refractivity contribution is 0.0950. The molecule has 30 heavy (non-hydrogen) atoms. The number of hydrogen-bond donors (Lipinski definition) is 2. The molecule has 0 heterocycles. The number of halogens is 2. The van der Waals surface area contributed by atoms with E-state index in [0.717, 1.165) is 11.3 Å². The lowest BCUT2D eigenvalue weighted by Gasteiger charge is -2.18. The topological polar surface area (TPSA) is 61.4 Å². The Morgan fingerprint density at radius 1 is 0.867 bits per heavy atom. The molecule has 0 atom stereocenters. The second kappa shape index (κ2) is 9.65.